The minimum atomic E-state index is -1.24. The van der Waals surface area contributed by atoms with Gasteiger partial charge in [0.2, 0.25) is 11.7 Å². The molecule has 1 aromatic carbocycles. The number of imide groups is 1. The second-order valence-electron chi connectivity index (χ2n) is 14.5. The van der Waals surface area contributed by atoms with Crippen LogP contribution in [-0.4, -0.2) is 87.9 Å². The van der Waals surface area contributed by atoms with Gasteiger partial charge in [-0.3, -0.25) is 33.7 Å². The Balaban J connectivity index is 1.29. The van der Waals surface area contributed by atoms with Gasteiger partial charge < -0.3 is 26.6 Å². The fraction of sp³-hybridized carbons (Fsp3) is 0.571. The number of carbonyl (C=O) groups excluding carboxylic acids is 7. The molecule has 48 heavy (non-hydrogen) atoms. The van der Waals surface area contributed by atoms with Crippen molar-refractivity contribution in [2.75, 3.05) is 13.1 Å². The van der Waals surface area contributed by atoms with E-state index in [1.165, 1.54) is 9.80 Å². The third-order valence-corrected chi connectivity index (χ3v) is 9.92. The molecule has 2 aliphatic carbocycles. The first-order valence-electron chi connectivity index (χ1n) is 16.7. The number of Topliss-reactive ketones (excluding diaryl/α,β-unsaturated/α-hetero) is 1. The minimum Gasteiger partial charge on any atom is -0.363 e. The number of fused-ring (bicyclic) bond motifs is 1. The highest BCUT2D eigenvalue weighted by atomic mass is 16.2. The molecule has 7 amide bonds. The molecule has 2 fully saturated rings. The van der Waals surface area contributed by atoms with Crippen LogP contribution >= 0.6 is 0 Å². The van der Waals surface area contributed by atoms with E-state index in [0.29, 0.717) is 24.0 Å². The van der Waals surface area contributed by atoms with Gasteiger partial charge in [-0.2, -0.15) is 0 Å². The molecule has 2 heterocycles. The highest BCUT2D eigenvalue weighted by Crippen LogP contribution is 2.33. The van der Waals surface area contributed by atoms with Crippen LogP contribution in [0.3, 0.4) is 0 Å². The van der Waals surface area contributed by atoms with Crippen molar-refractivity contribution in [3.63, 3.8) is 0 Å². The monoisotopic (exact) mass is 660 g/mol. The predicted molar refractivity (Wildman–Crippen MR) is 174 cm³/mol. The maximum atomic E-state index is 14.1. The number of ketones is 1. The maximum absolute atomic E-state index is 14.1. The quantitative estimate of drug-likeness (QED) is 0.158. The number of nitrogens with one attached hydrogen (secondary N) is 3. The first-order valence-corrected chi connectivity index (χ1v) is 16.7. The van der Waals surface area contributed by atoms with Crippen LogP contribution in [0, 0.1) is 23.2 Å². The molecule has 4 aliphatic rings. The Morgan fingerprint density at radius 1 is 0.958 bits per heavy atom. The molecule has 2 saturated carbocycles. The molecule has 13 nitrogen and oxygen atoms in total. The Morgan fingerprint density at radius 3 is 2.12 bits per heavy atom. The van der Waals surface area contributed by atoms with Gasteiger partial charge >= 0.3 is 6.03 Å². The van der Waals surface area contributed by atoms with E-state index in [1.54, 1.807) is 45.0 Å². The van der Waals surface area contributed by atoms with Crippen molar-refractivity contribution in [1.82, 2.24) is 25.8 Å². The molecule has 3 atom stereocenters. The van der Waals surface area contributed by atoms with Crippen molar-refractivity contribution in [1.29, 1.82) is 0 Å². The summed E-state index contributed by atoms with van der Waals surface area (Å²) in [5.41, 5.74) is 4.20. The summed E-state index contributed by atoms with van der Waals surface area (Å²) in [4.78, 5) is 94.2. The Kier molecular flexibility index (Phi) is 9.94. The number of nitrogens with two attached hydrogens (primary N) is 1. The van der Waals surface area contributed by atoms with Gasteiger partial charge in [0.15, 0.2) is 6.04 Å². The first kappa shape index (κ1) is 34.6. The largest absolute Gasteiger partial charge is 0.363 e. The molecule has 0 spiro atoms. The summed E-state index contributed by atoms with van der Waals surface area (Å²) in [6, 6.07) is 2.53. The van der Waals surface area contributed by atoms with Crippen molar-refractivity contribution >= 4 is 41.4 Å². The van der Waals surface area contributed by atoms with Crippen molar-refractivity contribution in [3.05, 3.63) is 35.4 Å². The van der Waals surface area contributed by atoms with Gasteiger partial charge in [0.25, 0.3) is 23.6 Å². The van der Waals surface area contributed by atoms with Crippen molar-refractivity contribution in [3.8, 4) is 11.8 Å². The number of hydrogen-bond acceptors (Lipinski definition) is 7. The predicted octanol–water partition coefficient (Wildman–Crippen LogP) is 1.64. The van der Waals surface area contributed by atoms with E-state index in [0.717, 1.165) is 38.5 Å². The summed E-state index contributed by atoms with van der Waals surface area (Å²) in [6.07, 6.45) is 6.63. The summed E-state index contributed by atoms with van der Waals surface area (Å²) in [5.74, 6) is 1.59. The Bertz CT molecular complexity index is 1540. The fourth-order valence-electron chi connectivity index (χ4n) is 6.98. The normalized spacial score (nSPS) is 21.3. The number of urea groups is 1. The zero-order valence-electron chi connectivity index (χ0n) is 27.7. The van der Waals surface area contributed by atoms with Crippen LogP contribution in [-0.2, 0) is 19.2 Å². The number of amides is 7. The zero-order valence-corrected chi connectivity index (χ0v) is 27.7. The molecular formula is C35H44N6O7. The third kappa shape index (κ3) is 7.22. The number of carbonyl (C=O) groups is 7. The number of rotatable bonds is 11. The van der Waals surface area contributed by atoms with Gasteiger partial charge in [-0.15, -0.1) is 0 Å². The van der Waals surface area contributed by atoms with Crippen molar-refractivity contribution in [2.24, 2.45) is 17.1 Å². The average Bonchev–Trinajstić information content (AvgIpc) is 3.60. The average molecular weight is 661 g/mol. The van der Waals surface area contributed by atoms with E-state index in [4.69, 9.17) is 5.73 Å². The second kappa shape index (κ2) is 13.8. The lowest BCUT2D eigenvalue weighted by molar-refractivity contribution is -0.142. The summed E-state index contributed by atoms with van der Waals surface area (Å²) in [5, 5.41) is 8.45. The van der Waals surface area contributed by atoms with E-state index < -0.39 is 70.4 Å². The smallest absolute Gasteiger partial charge is 0.315 e. The SMILES string of the molecule is CC(C)(C)[C@H](NC(=O)NC1(CN2C(=O)c3ccccc3C2=O)CCCCC1)C(=O)N1CC#C[C@H]1C(=O)NC(CC1CCC1)C(=O)C(N)=O. The highest BCUT2D eigenvalue weighted by molar-refractivity contribution is 6.37. The van der Waals surface area contributed by atoms with Crippen LogP contribution in [0.2, 0.25) is 0 Å². The molecule has 13 heteroatoms. The van der Waals surface area contributed by atoms with Gasteiger partial charge in [-0.05, 0) is 42.7 Å². The number of hydrogen-bond donors (Lipinski definition) is 4. The molecule has 0 aromatic heterocycles. The van der Waals surface area contributed by atoms with Crippen molar-refractivity contribution < 1.29 is 33.6 Å². The summed E-state index contributed by atoms with van der Waals surface area (Å²) in [7, 11) is 0. The molecule has 5 rings (SSSR count). The van der Waals surface area contributed by atoms with E-state index in [2.05, 4.69) is 27.8 Å². The zero-order chi connectivity index (χ0) is 34.8. The molecule has 1 unspecified atom stereocenters. The highest BCUT2D eigenvalue weighted by Gasteiger charge is 2.45. The lowest BCUT2D eigenvalue weighted by atomic mass is 9.80. The molecule has 5 N–H and O–H groups in total. The Hall–Kier alpha value is -4.73. The van der Waals surface area contributed by atoms with Gasteiger partial charge in [-0.1, -0.05) is 83.3 Å². The van der Waals surface area contributed by atoms with Crippen LogP contribution in [0.1, 0.15) is 99.3 Å². The van der Waals surface area contributed by atoms with Gasteiger partial charge in [-0.25, -0.2) is 4.79 Å². The van der Waals surface area contributed by atoms with Gasteiger partial charge in [0, 0.05) is 0 Å². The van der Waals surface area contributed by atoms with E-state index in [1.807, 2.05) is 0 Å². The molecule has 0 bridgehead atoms. The van der Waals surface area contributed by atoms with Crippen LogP contribution in [0.5, 0.6) is 0 Å². The first-order chi connectivity index (χ1) is 22.7. The van der Waals surface area contributed by atoms with E-state index in [-0.39, 0.29) is 25.4 Å². The summed E-state index contributed by atoms with van der Waals surface area (Å²) < 4.78 is 0. The van der Waals surface area contributed by atoms with E-state index >= 15 is 0 Å². The van der Waals surface area contributed by atoms with Crippen LogP contribution in [0.25, 0.3) is 0 Å². The molecule has 256 valence electrons. The third-order valence-electron chi connectivity index (χ3n) is 9.92. The maximum Gasteiger partial charge on any atom is 0.315 e. The van der Waals surface area contributed by atoms with E-state index in [9.17, 15) is 33.6 Å². The topological polar surface area (TPSA) is 188 Å². The van der Waals surface area contributed by atoms with Gasteiger partial charge in [0.05, 0.1) is 35.8 Å². The molecule has 0 saturated heterocycles. The molecule has 1 aromatic rings. The molecule has 2 aliphatic heterocycles. The summed E-state index contributed by atoms with van der Waals surface area (Å²) >= 11 is 0. The second-order valence-corrected chi connectivity index (χ2v) is 14.5. The van der Waals surface area contributed by atoms with Crippen LogP contribution < -0.4 is 21.7 Å². The van der Waals surface area contributed by atoms with Crippen LogP contribution in [0.4, 0.5) is 4.79 Å². The van der Waals surface area contributed by atoms with Gasteiger partial charge in [0.1, 0.15) is 6.04 Å². The standard InChI is InChI=1S/C35H44N6O7/c1-34(2,3)27(32(47)40-18-10-15-25(40)29(44)37-24(26(42)28(36)43)19-21-11-9-12-21)38-33(48)39-35(16-7-4-8-17-35)20-41-30(45)22-13-5-6-14-23(22)31(41)46/h5-6,13-14,21,24-25,27H,4,7-9,11-12,16-20H2,1-3H3,(H2,36,43)(H,37,44)(H2,38,39,48)/t24?,25-,27+/m0/s1. The fourth-order valence-corrected chi connectivity index (χ4v) is 6.98. The molecule has 0 radical (unpaired) electrons. The lowest BCUT2D eigenvalue weighted by Crippen LogP contribution is -2.64. The number of primary amides is 1. The molecular weight excluding hydrogens is 616 g/mol. The Labute approximate surface area is 280 Å². The van der Waals surface area contributed by atoms with Crippen molar-refractivity contribution in [2.45, 2.75) is 102 Å². The lowest BCUT2D eigenvalue weighted by Gasteiger charge is -2.41. The summed E-state index contributed by atoms with van der Waals surface area (Å²) in [6.45, 7) is 5.24. The minimum absolute atomic E-state index is 0.00481. The number of nitrogens with zero attached hydrogens (tertiary/aromatic N) is 2. The Morgan fingerprint density at radius 2 is 1.58 bits per heavy atom. The van der Waals surface area contributed by atoms with Crippen LogP contribution in [0.15, 0.2) is 24.3 Å². The number of benzene rings is 1.